The number of rotatable bonds is 31. The number of carbonyl (C=O) groups excluding carboxylic acids is 2. The number of esters is 2. The summed E-state index contributed by atoms with van der Waals surface area (Å²) in [6, 6.07) is 0. The highest BCUT2D eigenvalue weighted by Gasteiger charge is 2.27. The molecule has 0 saturated carbocycles. The summed E-state index contributed by atoms with van der Waals surface area (Å²) in [6.45, 7) is 4.26. The number of carbonyl (C=O) groups is 2. The molecular formula is C36H67NO8P+. The fourth-order valence-corrected chi connectivity index (χ4v) is 5.05. The van der Waals surface area contributed by atoms with Crippen molar-refractivity contribution in [1.82, 2.24) is 0 Å². The first-order valence-electron chi connectivity index (χ1n) is 17.7. The Labute approximate surface area is 281 Å². The lowest BCUT2D eigenvalue weighted by Crippen LogP contribution is -2.37. The maximum Gasteiger partial charge on any atom is 0.472 e. The van der Waals surface area contributed by atoms with E-state index >= 15 is 0 Å². The zero-order chi connectivity index (χ0) is 34.4. The highest BCUT2D eigenvalue weighted by atomic mass is 31.2. The predicted octanol–water partition coefficient (Wildman–Crippen LogP) is 9.01. The second-order valence-corrected chi connectivity index (χ2v) is 14.4. The van der Waals surface area contributed by atoms with Gasteiger partial charge in [-0.3, -0.25) is 18.6 Å². The van der Waals surface area contributed by atoms with Gasteiger partial charge in [0.1, 0.15) is 19.8 Å². The van der Waals surface area contributed by atoms with Crippen LogP contribution in [0.2, 0.25) is 0 Å². The molecule has 0 aliphatic rings. The molecule has 1 unspecified atom stereocenters. The van der Waals surface area contributed by atoms with Gasteiger partial charge in [-0.05, 0) is 51.4 Å². The number of likely N-dealkylation sites (N-methyl/N-ethyl adjacent to an activating group) is 1. The molecule has 1 N–H and O–H groups in total. The van der Waals surface area contributed by atoms with Crippen molar-refractivity contribution in [2.45, 2.75) is 136 Å². The fraction of sp³-hybridized carbons (Fsp3) is 0.778. The van der Waals surface area contributed by atoms with Gasteiger partial charge >= 0.3 is 19.8 Å². The van der Waals surface area contributed by atoms with Crippen LogP contribution in [0.5, 0.6) is 0 Å². The van der Waals surface area contributed by atoms with E-state index < -0.39 is 26.5 Å². The van der Waals surface area contributed by atoms with E-state index in [-0.39, 0.29) is 32.0 Å². The molecule has 9 nitrogen and oxygen atoms in total. The molecule has 0 rings (SSSR count). The predicted molar refractivity (Wildman–Crippen MR) is 187 cm³/mol. The second-order valence-electron chi connectivity index (χ2n) is 12.9. The Bertz CT molecular complexity index is 897. The van der Waals surface area contributed by atoms with E-state index in [2.05, 4.69) is 50.3 Å². The summed E-state index contributed by atoms with van der Waals surface area (Å²) in [5.41, 5.74) is 0. The summed E-state index contributed by atoms with van der Waals surface area (Å²) in [5.74, 6) is -0.855. The second kappa shape index (κ2) is 29.4. The van der Waals surface area contributed by atoms with Crippen molar-refractivity contribution in [2.24, 2.45) is 0 Å². The summed E-state index contributed by atoms with van der Waals surface area (Å²) < 4.78 is 33.9. The third-order valence-electron chi connectivity index (χ3n) is 7.17. The van der Waals surface area contributed by atoms with Crippen LogP contribution in [0.15, 0.2) is 36.5 Å². The maximum absolute atomic E-state index is 12.5. The average molecular weight is 673 g/mol. The minimum Gasteiger partial charge on any atom is -0.462 e. The van der Waals surface area contributed by atoms with Crippen LogP contribution in [-0.4, -0.2) is 74.9 Å². The van der Waals surface area contributed by atoms with Crippen LogP contribution in [0.3, 0.4) is 0 Å². The number of allylic oxidation sites excluding steroid dienone is 6. The van der Waals surface area contributed by atoms with Crippen LogP contribution in [0.4, 0.5) is 0 Å². The molecule has 0 aromatic heterocycles. The quantitative estimate of drug-likeness (QED) is 0.0256. The zero-order valence-corrected chi connectivity index (χ0v) is 30.7. The zero-order valence-electron chi connectivity index (χ0n) is 29.8. The summed E-state index contributed by atoms with van der Waals surface area (Å²) in [7, 11) is 1.44. The molecule has 2 atom stereocenters. The number of hydrogen-bond acceptors (Lipinski definition) is 7. The van der Waals surface area contributed by atoms with E-state index in [1.54, 1.807) is 0 Å². The summed E-state index contributed by atoms with van der Waals surface area (Å²) >= 11 is 0. The molecule has 0 amide bonds. The van der Waals surface area contributed by atoms with Crippen LogP contribution in [0.1, 0.15) is 129 Å². The number of unbranched alkanes of at least 4 members (excludes halogenated alkanes) is 11. The van der Waals surface area contributed by atoms with Gasteiger partial charge in [0, 0.05) is 12.8 Å². The highest BCUT2D eigenvalue weighted by Crippen LogP contribution is 2.43. The normalized spacial score (nSPS) is 14.3. The molecule has 0 heterocycles. The number of ether oxygens (including phenoxy) is 2. The Morgan fingerprint density at radius 3 is 1.78 bits per heavy atom. The van der Waals surface area contributed by atoms with Gasteiger partial charge in [-0.2, -0.15) is 0 Å². The number of hydrogen-bond donors (Lipinski definition) is 1. The monoisotopic (exact) mass is 672 g/mol. The first kappa shape index (κ1) is 44.2. The first-order chi connectivity index (χ1) is 22.0. The van der Waals surface area contributed by atoms with Crippen molar-refractivity contribution in [1.29, 1.82) is 0 Å². The molecule has 0 bridgehead atoms. The van der Waals surface area contributed by atoms with Crippen molar-refractivity contribution in [3.05, 3.63) is 36.5 Å². The molecule has 46 heavy (non-hydrogen) atoms. The Balaban J connectivity index is 4.53. The van der Waals surface area contributed by atoms with Crippen molar-refractivity contribution >= 4 is 19.8 Å². The van der Waals surface area contributed by atoms with Gasteiger partial charge in [-0.25, -0.2) is 4.57 Å². The molecular weight excluding hydrogens is 605 g/mol. The van der Waals surface area contributed by atoms with E-state index in [0.29, 0.717) is 17.4 Å². The minimum absolute atomic E-state index is 0.0242. The Morgan fingerprint density at radius 1 is 0.674 bits per heavy atom. The smallest absolute Gasteiger partial charge is 0.462 e. The average Bonchev–Trinajstić information content (AvgIpc) is 2.99. The molecule has 0 fully saturated rings. The lowest BCUT2D eigenvalue weighted by Gasteiger charge is -2.24. The molecule has 268 valence electrons. The summed E-state index contributed by atoms with van der Waals surface area (Å²) in [5, 5.41) is 0. The Morgan fingerprint density at radius 2 is 1.17 bits per heavy atom. The first-order valence-corrected chi connectivity index (χ1v) is 19.2. The van der Waals surface area contributed by atoms with Gasteiger partial charge in [0.05, 0.1) is 27.7 Å². The number of quaternary nitrogens is 1. The van der Waals surface area contributed by atoms with Gasteiger partial charge in [0.2, 0.25) is 0 Å². The molecule has 0 spiro atoms. The van der Waals surface area contributed by atoms with Crippen LogP contribution >= 0.6 is 7.82 Å². The molecule has 0 saturated heterocycles. The molecule has 0 radical (unpaired) electrons. The maximum atomic E-state index is 12.5. The van der Waals surface area contributed by atoms with E-state index in [1.807, 2.05) is 21.1 Å². The lowest BCUT2D eigenvalue weighted by atomic mass is 10.1. The number of nitrogens with zero attached hydrogens (tertiary/aromatic N) is 1. The van der Waals surface area contributed by atoms with Crippen molar-refractivity contribution in [3.63, 3.8) is 0 Å². The standard InChI is InChI=1S/C36H66NO8P/c1-6-8-10-12-14-15-16-17-18-19-20-21-23-25-27-29-36(39)45-34(33-44-46(40,41)43-31-30-37(3,4)5)32-42-35(38)28-26-24-22-13-11-9-7-2/h14-15,17-18,20-21,34H,6-13,16,19,22-33H2,1-5H3/p+1/b15-14+,18-17+,21-20+/t34-/m1/s1. The topological polar surface area (TPSA) is 108 Å². The highest BCUT2D eigenvalue weighted by molar-refractivity contribution is 7.47. The SMILES string of the molecule is CCCCC/C=C/C/C=C/C/C=C/CCCCC(=O)O[C@H](COC(=O)CCCCCCCCC)COP(=O)(O)OCC[N+](C)(C)C. The van der Waals surface area contributed by atoms with Crippen LogP contribution < -0.4 is 0 Å². The number of phosphoric acid groups is 1. The minimum atomic E-state index is -4.37. The van der Waals surface area contributed by atoms with Gasteiger partial charge in [0.25, 0.3) is 0 Å². The van der Waals surface area contributed by atoms with Crippen molar-refractivity contribution in [2.75, 3.05) is 47.5 Å². The Kier molecular flexibility index (Phi) is 28.2. The third kappa shape index (κ3) is 32.2. The van der Waals surface area contributed by atoms with E-state index in [1.165, 1.54) is 44.9 Å². The number of phosphoric ester groups is 1. The van der Waals surface area contributed by atoms with Crippen LogP contribution in [0.25, 0.3) is 0 Å². The fourth-order valence-electron chi connectivity index (χ4n) is 4.31. The molecule has 0 aromatic rings. The van der Waals surface area contributed by atoms with Gasteiger partial charge in [-0.15, -0.1) is 0 Å². The largest absolute Gasteiger partial charge is 0.472 e. The van der Waals surface area contributed by atoms with Crippen molar-refractivity contribution < 1.29 is 42.1 Å². The molecule has 0 aromatic carbocycles. The Hall–Kier alpha value is -1.77. The van der Waals surface area contributed by atoms with Crippen LogP contribution in [-0.2, 0) is 32.7 Å². The molecule has 0 aliphatic carbocycles. The van der Waals surface area contributed by atoms with Crippen molar-refractivity contribution in [3.8, 4) is 0 Å². The van der Waals surface area contributed by atoms with E-state index in [0.717, 1.165) is 51.4 Å². The lowest BCUT2D eigenvalue weighted by molar-refractivity contribution is -0.870. The van der Waals surface area contributed by atoms with E-state index in [9.17, 15) is 19.0 Å². The van der Waals surface area contributed by atoms with Crippen LogP contribution in [0, 0.1) is 0 Å². The third-order valence-corrected chi connectivity index (χ3v) is 8.16. The van der Waals surface area contributed by atoms with E-state index in [4.69, 9.17) is 18.5 Å². The summed E-state index contributed by atoms with van der Waals surface area (Å²) in [4.78, 5) is 34.9. The summed E-state index contributed by atoms with van der Waals surface area (Å²) in [6.07, 6.45) is 29.3. The van der Waals surface area contributed by atoms with Gasteiger partial charge in [0.15, 0.2) is 6.10 Å². The molecule has 10 heteroatoms. The molecule has 0 aliphatic heterocycles. The van der Waals surface area contributed by atoms with Gasteiger partial charge < -0.3 is 18.9 Å². The van der Waals surface area contributed by atoms with Gasteiger partial charge in [-0.1, -0.05) is 102 Å².